The van der Waals surface area contributed by atoms with Crippen molar-refractivity contribution in [2.24, 2.45) is 11.5 Å². The van der Waals surface area contributed by atoms with Gasteiger partial charge in [0.2, 0.25) is 5.91 Å². The van der Waals surface area contributed by atoms with Crippen LogP contribution in [0.1, 0.15) is 57.1 Å². The van der Waals surface area contributed by atoms with Crippen molar-refractivity contribution in [3.63, 3.8) is 0 Å². The van der Waals surface area contributed by atoms with Crippen LogP contribution in [-0.4, -0.2) is 28.7 Å². The van der Waals surface area contributed by atoms with Gasteiger partial charge in [-0.1, -0.05) is 57.4 Å². The lowest BCUT2D eigenvalue weighted by molar-refractivity contribution is -0.117. The normalized spacial score (nSPS) is 12.0. The summed E-state index contributed by atoms with van der Waals surface area (Å²) in [5, 5.41) is 24.3. The van der Waals surface area contributed by atoms with Gasteiger partial charge in [-0.05, 0) is 55.0 Å². The molecule has 0 saturated carbocycles. The van der Waals surface area contributed by atoms with Gasteiger partial charge in [0, 0.05) is 5.56 Å². The molecule has 1 atom stereocenters. The van der Waals surface area contributed by atoms with E-state index in [1.165, 1.54) is 5.56 Å². The van der Waals surface area contributed by atoms with E-state index in [0.717, 1.165) is 37.7 Å². The summed E-state index contributed by atoms with van der Waals surface area (Å²) < 4.78 is 0. The van der Waals surface area contributed by atoms with E-state index in [0.29, 0.717) is 30.5 Å². The summed E-state index contributed by atoms with van der Waals surface area (Å²) in [5.74, 6) is -0.689. The van der Waals surface area contributed by atoms with Gasteiger partial charge in [-0.2, -0.15) is 0 Å². The number of phenolic OH excluding ortho intramolecular Hbond substituents is 2. The molecule has 0 fully saturated rings. The van der Waals surface area contributed by atoms with Crippen LogP contribution in [-0.2, 0) is 17.6 Å². The van der Waals surface area contributed by atoms with Crippen molar-refractivity contribution in [3.05, 3.63) is 41.5 Å². The average Bonchev–Trinajstić information content (AvgIpc) is 2.73. The van der Waals surface area contributed by atoms with Crippen molar-refractivity contribution in [1.82, 2.24) is 0 Å². The minimum absolute atomic E-state index is 0.0242. The first-order chi connectivity index (χ1) is 14.4. The van der Waals surface area contributed by atoms with Crippen molar-refractivity contribution in [1.29, 1.82) is 0 Å². The van der Waals surface area contributed by atoms with E-state index in [4.69, 9.17) is 11.5 Å². The summed E-state index contributed by atoms with van der Waals surface area (Å²) in [6, 6.07) is 9.04. The van der Waals surface area contributed by atoms with Gasteiger partial charge in [0.05, 0.1) is 6.04 Å². The van der Waals surface area contributed by atoms with Crippen LogP contribution < -0.4 is 16.8 Å². The zero-order valence-corrected chi connectivity index (χ0v) is 18.1. The van der Waals surface area contributed by atoms with Crippen LogP contribution in [0, 0.1) is 0 Å². The molecule has 7 N–H and O–H groups in total. The number of benzene rings is 2. The highest BCUT2D eigenvalue weighted by atomic mass is 16.3. The first-order valence-corrected chi connectivity index (χ1v) is 10.9. The number of phenols is 2. The Morgan fingerprint density at radius 3 is 2.47 bits per heavy atom. The second-order valence-electron chi connectivity index (χ2n) is 7.74. The third kappa shape index (κ3) is 5.97. The lowest BCUT2D eigenvalue weighted by Gasteiger charge is -2.19. The Balaban J connectivity index is 2.42. The van der Waals surface area contributed by atoms with Crippen molar-refractivity contribution in [2.45, 2.75) is 64.8 Å². The molecule has 6 heteroatoms. The first-order valence-electron chi connectivity index (χ1n) is 10.9. The topological polar surface area (TPSA) is 122 Å². The van der Waals surface area contributed by atoms with Crippen molar-refractivity contribution in [3.8, 4) is 22.6 Å². The van der Waals surface area contributed by atoms with Gasteiger partial charge in [-0.15, -0.1) is 0 Å². The van der Waals surface area contributed by atoms with Crippen LogP contribution in [0.3, 0.4) is 0 Å². The highest BCUT2D eigenvalue weighted by Gasteiger charge is 2.22. The number of amides is 1. The number of carbonyl (C=O) groups excluding carboxylic acids is 1. The zero-order chi connectivity index (χ0) is 22.1. The maximum absolute atomic E-state index is 12.6. The van der Waals surface area contributed by atoms with E-state index in [-0.39, 0.29) is 17.2 Å². The number of hydrogen-bond donors (Lipinski definition) is 5. The Bertz CT molecular complexity index is 852. The minimum atomic E-state index is -0.735. The van der Waals surface area contributed by atoms with Gasteiger partial charge in [-0.3, -0.25) is 4.79 Å². The van der Waals surface area contributed by atoms with E-state index in [9.17, 15) is 15.0 Å². The fourth-order valence-electron chi connectivity index (χ4n) is 3.56. The average molecular weight is 414 g/mol. The van der Waals surface area contributed by atoms with Gasteiger partial charge >= 0.3 is 0 Å². The Morgan fingerprint density at radius 2 is 1.80 bits per heavy atom. The van der Waals surface area contributed by atoms with E-state index < -0.39 is 11.9 Å². The largest absolute Gasteiger partial charge is 0.505 e. The molecule has 6 nitrogen and oxygen atoms in total. The molecule has 2 aromatic rings. The predicted molar refractivity (Wildman–Crippen MR) is 123 cm³/mol. The summed E-state index contributed by atoms with van der Waals surface area (Å²) >= 11 is 0. The van der Waals surface area contributed by atoms with Gasteiger partial charge in [0.1, 0.15) is 11.4 Å². The third-order valence-electron chi connectivity index (χ3n) is 5.20. The Morgan fingerprint density at radius 1 is 1.07 bits per heavy atom. The summed E-state index contributed by atoms with van der Waals surface area (Å²) in [6.07, 6.45) is 5.44. The smallest absolute Gasteiger partial charge is 0.241 e. The fourth-order valence-corrected chi connectivity index (χ4v) is 3.56. The molecule has 2 rings (SSSR count). The Labute approximate surface area is 179 Å². The molecule has 164 valence electrons. The van der Waals surface area contributed by atoms with E-state index in [1.807, 2.05) is 25.1 Å². The van der Waals surface area contributed by atoms with E-state index in [1.54, 1.807) is 6.07 Å². The Kier molecular flexibility index (Phi) is 9.15. The number of aromatic hydroxyl groups is 2. The van der Waals surface area contributed by atoms with Crippen LogP contribution in [0.15, 0.2) is 30.3 Å². The second-order valence-corrected chi connectivity index (χ2v) is 7.74. The third-order valence-corrected chi connectivity index (χ3v) is 5.20. The number of nitrogens with two attached hydrogens (primary N) is 2. The number of hydrogen-bond acceptors (Lipinski definition) is 5. The second kappa shape index (κ2) is 11.6. The molecule has 0 aromatic heterocycles. The number of anilines is 1. The molecule has 30 heavy (non-hydrogen) atoms. The summed E-state index contributed by atoms with van der Waals surface area (Å²) in [6.45, 7) is 4.68. The molecule has 0 radical (unpaired) electrons. The van der Waals surface area contributed by atoms with Crippen LogP contribution in [0.2, 0.25) is 0 Å². The maximum Gasteiger partial charge on any atom is 0.241 e. The molecule has 0 aliphatic heterocycles. The summed E-state index contributed by atoms with van der Waals surface area (Å²) in [5.41, 5.74) is 14.8. The van der Waals surface area contributed by atoms with E-state index >= 15 is 0 Å². The standard InChI is InChI=1S/C24H35N3O3/c1-3-8-16-10-7-11-17(14-16)19-15-18(9-4-2)22(28)21(23(19)29)27-24(30)20(26)12-5-6-13-25/h7,10-11,14-15,20,28-29H,3-6,8-9,12-13,25-26H2,1-2H3,(H,27,30)/t20-/m0/s1. The Hall–Kier alpha value is -2.57. The first kappa shape index (κ1) is 23.7. The predicted octanol–water partition coefficient (Wildman–Crippen LogP) is 4.06. The number of carbonyl (C=O) groups is 1. The van der Waals surface area contributed by atoms with Crippen molar-refractivity contribution >= 4 is 11.6 Å². The van der Waals surface area contributed by atoms with Crippen LogP contribution >= 0.6 is 0 Å². The lowest BCUT2D eigenvalue weighted by Crippen LogP contribution is -2.35. The SMILES string of the molecule is CCCc1cccc(-c2cc(CCC)c(O)c(NC(=O)[C@@H](N)CCCCN)c2O)c1. The number of nitrogens with one attached hydrogen (secondary N) is 1. The highest BCUT2D eigenvalue weighted by Crippen LogP contribution is 2.44. The zero-order valence-electron chi connectivity index (χ0n) is 18.1. The molecule has 0 bridgehead atoms. The number of unbranched alkanes of at least 4 members (excludes halogenated alkanes) is 1. The molecule has 0 aliphatic carbocycles. The van der Waals surface area contributed by atoms with Gasteiger partial charge in [0.15, 0.2) is 5.75 Å². The number of aryl methyl sites for hydroxylation is 2. The van der Waals surface area contributed by atoms with Crippen molar-refractivity contribution < 1.29 is 15.0 Å². The number of rotatable bonds is 11. The van der Waals surface area contributed by atoms with Crippen LogP contribution in [0.4, 0.5) is 5.69 Å². The van der Waals surface area contributed by atoms with Gasteiger partial charge in [0.25, 0.3) is 0 Å². The summed E-state index contributed by atoms with van der Waals surface area (Å²) in [7, 11) is 0. The van der Waals surface area contributed by atoms with Gasteiger partial charge in [-0.25, -0.2) is 0 Å². The van der Waals surface area contributed by atoms with Crippen LogP contribution in [0.25, 0.3) is 11.1 Å². The fraction of sp³-hybridized carbons (Fsp3) is 0.458. The maximum atomic E-state index is 12.6. The molecule has 0 aliphatic rings. The summed E-state index contributed by atoms with van der Waals surface area (Å²) in [4.78, 5) is 12.6. The van der Waals surface area contributed by atoms with Gasteiger partial charge < -0.3 is 27.0 Å². The molecule has 0 spiro atoms. The highest BCUT2D eigenvalue weighted by molar-refractivity contribution is 5.99. The molecule has 1 amide bonds. The van der Waals surface area contributed by atoms with E-state index in [2.05, 4.69) is 18.3 Å². The lowest BCUT2D eigenvalue weighted by atomic mass is 9.95. The molecule has 0 heterocycles. The monoisotopic (exact) mass is 413 g/mol. The molecular weight excluding hydrogens is 378 g/mol. The molecular formula is C24H35N3O3. The molecule has 0 unspecified atom stereocenters. The van der Waals surface area contributed by atoms with Crippen LogP contribution in [0.5, 0.6) is 11.5 Å². The molecule has 0 saturated heterocycles. The quantitative estimate of drug-likeness (QED) is 0.281. The minimum Gasteiger partial charge on any atom is -0.505 e. The van der Waals surface area contributed by atoms with Crippen molar-refractivity contribution in [2.75, 3.05) is 11.9 Å². The molecule has 2 aromatic carbocycles.